The molecule has 0 radical (unpaired) electrons. The maximum Gasteiger partial charge on any atom is 0.460 e. The first-order valence-corrected chi connectivity index (χ1v) is 9.73. The monoisotopic (exact) mass is 582 g/mol. The van der Waals surface area contributed by atoms with Crippen LogP contribution in [0.2, 0.25) is 0 Å². The molecule has 0 spiro atoms. The lowest BCUT2D eigenvalue weighted by Crippen LogP contribution is -2.73. The molecule has 0 saturated heterocycles. The van der Waals surface area contributed by atoms with Crippen LogP contribution in [0.25, 0.3) is 0 Å². The zero-order valence-electron chi connectivity index (χ0n) is 16.6. The van der Waals surface area contributed by atoms with Gasteiger partial charge in [-0.3, -0.25) is 0 Å². The molecule has 0 fully saturated rings. The summed E-state index contributed by atoms with van der Waals surface area (Å²) in [5.74, 6) is -53.2. The minimum atomic E-state index is -8.48. The number of thiophene rings is 1. The van der Waals surface area contributed by atoms with Crippen molar-refractivity contribution in [2.75, 3.05) is 19.8 Å². The van der Waals surface area contributed by atoms with E-state index in [4.69, 9.17) is 9.47 Å². The molecular weight excluding hydrogens is 573 g/mol. The quantitative estimate of drug-likeness (QED) is 0.277. The Hall–Kier alpha value is -2.28. The Morgan fingerprint density at radius 2 is 1.11 bits per heavy atom. The number of fused-ring (bicyclic) bond motifs is 1. The van der Waals surface area contributed by atoms with E-state index in [1.807, 2.05) is 0 Å². The van der Waals surface area contributed by atoms with Crippen LogP contribution in [0, 0.1) is 5.92 Å². The second-order valence-electron chi connectivity index (χ2n) is 7.13. The fraction of sp³-hybridized carbons (Fsp3) is 0.688. The minimum Gasteiger partial charge on any atom is -0.488 e. The Bertz CT molecular complexity index is 933. The van der Waals surface area contributed by atoms with Gasteiger partial charge in [0.05, 0.1) is 19.1 Å². The van der Waals surface area contributed by atoms with Crippen LogP contribution in [0.5, 0.6) is 11.5 Å². The highest BCUT2D eigenvalue weighted by molar-refractivity contribution is 7.08. The average Bonchev–Trinajstić information content (AvgIpc) is 3.10. The van der Waals surface area contributed by atoms with Crippen molar-refractivity contribution in [1.82, 2.24) is 0 Å². The van der Waals surface area contributed by atoms with Gasteiger partial charge in [-0.1, -0.05) is 0 Å². The van der Waals surface area contributed by atoms with E-state index in [0.29, 0.717) is 0 Å². The van der Waals surface area contributed by atoms with Gasteiger partial charge >= 0.3 is 47.7 Å². The molecule has 1 aromatic heterocycles. The van der Waals surface area contributed by atoms with E-state index in [2.05, 4.69) is 4.74 Å². The number of hydrogen-bond acceptors (Lipinski definition) is 5. The summed E-state index contributed by atoms with van der Waals surface area (Å²) in [7, 11) is 0. The molecule has 0 aliphatic carbocycles. The first kappa shape index (κ1) is 29.9. The Balaban J connectivity index is 2.25. The van der Waals surface area contributed by atoms with Crippen LogP contribution in [0.15, 0.2) is 10.8 Å². The van der Waals surface area contributed by atoms with Crippen LogP contribution < -0.4 is 9.47 Å². The van der Waals surface area contributed by atoms with E-state index >= 15 is 0 Å². The van der Waals surface area contributed by atoms with Crippen LogP contribution in [0.1, 0.15) is 0 Å². The smallest absolute Gasteiger partial charge is 0.460 e. The number of esters is 1. The largest absolute Gasteiger partial charge is 0.488 e. The number of hydrogen-bond donors (Lipinski definition) is 0. The van der Waals surface area contributed by atoms with Crippen molar-refractivity contribution in [2.45, 2.75) is 41.7 Å². The Kier molecular flexibility index (Phi) is 7.43. The van der Waals surface area contributed by atoms with Gasteiger partial charge in [0.25, 0.3) is 0 Å². The average molecular weight is 582 g/mol. The predicted octanol–water partition coefficient (Wildman–Crippen LogP) is 6.05. The number of rotatable bonds is 8. The van der Waals surface area contributed by atoms with Gasteiger partial charge in [0.15, 0.2) is 11.5 Å². The molecule has 0 aromatic carbocycles. The standard InChI is InChI=1S/C16H9F15O4S/c17-10(18,9(32)35-3-6-1-33-7-4-36-5-8(7)34-2-6)11(19,20)12(21,22)13(23,24)14(25,26)15(27,28)16(29,30)31/h4-6H,1-3H2. The zero-order chi connectivity index (χ0) is 28.2. The van der Waals surface area contributed by atoms with Gasteiger partial charge < -0.3 is 14.2 Å². The summed E-state index contributed by atoms with van der Waals surface area (Å²) in [4.78, 5) is 11.4. The molecule has 36 heavy (non-hydrogen) atoms. The van der Waals surface area contributed by atoms with Crippen LogP contribution >= 0.6 is 11.3 Å². The fourth-order valence-electron chi connectivity index (χ4n) is 2.42. The van der Waals surface area contributed by atoms with Gasteiger partial charge in [-0.2, -0.15) is 65.9 Å². The Morgan fingerprint density at radius 1 is 0.722 bits per heavy atom. The molecule has 20 heteroatoms. The number of ether oxygens (including phenoxy) is 3. The summed E-state index contributed by atoms with van der Waals surface area (Å²) in [6, 6.07) is 0. The molecule has 0 unspecified atom stereocenters. The van der Waals surface area contributed by atoms with Crippen LogP contribution in [0.3, 0.4) is 0 Å². The van der Waals surface area contributed by atoms with E-state index in [9.17, 15) is 70.7 Å². The van der Waals surface area contributed by atoms with Crippen LogP contribution in [-0.4, -0.2) is 67.5 Å². The maximum absolute atomic E-state index is 13.8. The number of alkyl halides is 15. The normalized spacial score (nSPS) is 17.1. The van der Waals surface area contributed by atoms with Crippen molar-refractivity contribution in [3.8, 4) is 11.5 Å². The lowest BCUT2D eigenvalue weighted by molar-refractivity contribution is -0.450. The first-order valence-electron chi connectivity index (χ1n) is 8.79. The minimum absolute atomic E-state index is 0.115. The van der Waals surface area contributed by atoms with E-state index < -0.39 is 73.4 Å². The Morgan fingerprint density at radius 3 is 1.53 bits per heavy atom. The molecule has 0 N–H and O–H groups in total. The molecule has 4 nitrogen and oxygen atoms in total. The number of carbonyl (C=O) groups excluding carboxylic acids is 1. The second kappa shape index (κ2) is 8.93. The fourth-order valence-corrected chi connectivity index (χ4v) is 3.11. The molecule has 2 rings (SSSR count). The maximum atomic E-state index is 13.8. The molecule has 1 aromatic rings. The van der Waals surface area contributed by atoms with Crippen LogP contribution in [0.4, 0.5) is 65.9 Å². The van der Waals surface area contributed by atoms with Crippen molar-refractivity contribution >= 4 is 17.3 Å². The third kappa shape index (κ3) is 4.37. The molecule has 0 saturated carbocycles. The van der Waals surface area contributed by atoms with E-state index in [1.54, 1.807) is 0 Å². The summed E-state index contributed by atoms with van der Waals surface area (Å²) in [6.07, 6.45) is -7.71. The summed E-state index contributed by atoms with van der Waals surface area (Å²) in [5.41, 5.74) is 0. The third-order valence-electron chi connectivity index (χ3n) is 4.58. The molecule has 1 aliphatic rings. The summed E-state index contributed by atoms with van der Waals surface area (Å²) in [6.45, 7) is -2.39. The zero-order valence-corrected chi connectivity index (χ0v) is 17.4. The SMILES string of the molecule is O=C(OCC1COc2cscc2OC1)C(F)(F)C(F)(F)C(F)(F)C(F)(F)C(F)(F)C(F)(F)C(F)(F)F. The van der Waals surface area contributed by atoms with Crippen molar-refractivity contribution in [3.63, 3.8) is 0 Å². The third-order valence-corrected chi connectivity index (χ3v) is 5.28. The van der Waals surface area contributed by atoms with Gasteiger partial charge in [-0.25, -0.2) is 4.79 Å². The molecular formula is C16H9F15O4S. The number of carbonyl (C=O) groups is 1. The van der Waals surface area contributed by atoms with Crippen molar-refractivity contribution in [2.24, 2.45) is 5.92 Å². The molecule has 2 heterocycles. The van der Waals surface area contributed by atoms with Gasteiger partial charge in [0.2, 0.25) is 0 Å². The van der Waals surface area contributed by atoms with Crippen LogP contribution in [-0.2, 0) is 9.53 Å². The van der Waals surface area contributed by atoms with E-state index in [0.717, 1.165) is 11.3 Å². The van der Waals surface area contributed by atoms with Crippen molar-refractivity contribution in [1.29, 1.82) is 0 Å². The first-order chi connectivity index (χ1) is 16.0. The molecule has 1 aliphatic heterocycles. The Labute approximate surface area is 192 Å². The molecule has 0 bridgehead atoms. The van der Waals surface area contributed by atoms with E-state index in [-0.39, 0.29) is 11.5 Å². The lowest BCUT2D eigenvalue weighted by Gasteiger charge is -2.40. The predicted molar refractivity (Wildman–Crippen MR) is 85.5 cm³/mol. The highest BCUT2D eigenvalue weighted by atomic mass is 32.1. The highest BCUT2D eigenvalue weighted by Crippen LogP contribution is 2.62. The summed E-state index contributed by atoms with van der Waals surface area (Å²) >= 11 is 1.09. The number of halogens is 15. The van der Waals surface area contributed by atoms with Gasteiger partial charge in [-0.15, -0.1) is 11.3 Å². The molecule has 0 atom stereocenters. The second-order valence-corrected chi connectivity index (χ2v) is 7.87. The highest BCUT2D eigenvalue weighted by Gasteiger charge is 2.94. The summed E-state index contributed by atoms with van der Waals surface area (Å²) in [5, 5.41) is 2.78. The van der Waals surface area contributed by atoms with Crippen molar-refractivity contribution in [3.05, 3.63) is 10.8 Å². The topological polar surface area (TPSA) is 44.8 Å². The summed E-state index contributed by atoms with van der Waals surface area (Å²) < 4.78 is 211. The lowest BCUT2D eigenvalue weighted by atomic mass is 9.91. The molecule has 208 valence electrons. The van der Waals surface area contributed by atoms with Gasteiger partial charge in [-0.05, 0) is 0 Å². The van der Waals surface area contributed by atoms with Crippen molar-refractivity contribution < 1.29 is 84.9 Å². The van der Waals surface area contributed by atoms with Gasteiger partial charge in [0, 0.05) is 10.8 Å². The molecule has 0 amide bonds. The van der Waals surface area contributed by atoms with E-state index in [1.165, 1.54) is 10.8 Å². The van der Waals surface area contributed by atoms with Gasteiger partial charge in [0.1, 0.15) is 6.61 Å².